The summed E-state index contributed by atoms with van der Waals surface area (Å²) in [6.45, 7) is 0.834. The molecule has 2 amide bonds. The van der Waals surface area contributed by atoms with Crippen LogP contribution in [-0.4, -0.2) is 50.8 Å². The van der Waals surface area contributed by atoms with Crippen molar-refractivity contribution < 1.29 is 19.5 Å². The second-order valence-electron chi connectivity index (χ2n) is 6.23. The van der Waals surface area contributed by atoms with Crippen molar-refractivity contribution in [3.05, 3.63) is 47.9 Å². The summed E-state index contributed by atoms with van der Waals surface area (Å²) in [6.07, 6.45) is 3.68. The quantitative estimate of drug-likeness (QED) is 0.737. The third kappa shape index (κ3) is 4.20. The molecule has 9 heteroatoms. The lowest BCUT2D eigenvalue weighted by molar-refractivity contribution is -0.143. The molecule has 140 valence electrons. The number of nitrogen functional groups attached to an aromatic ring is 1. The van der Waals surface area contributed by atoms with Gasteiger partial charge in [0.05, 0.1) is 5.92 Å². The Morgan fingerprint density at radius 1 is 1.07 bits per heavy atom. The van der Waals surface area contributed by atoms with Crippen molar-refractivity contribution in [2.75, 3.05) is 24.1 Å². The lowest BCUT2D eigenvalue weighted by Crippen LogP contribution is -2.40. The molecule has 1 aliphatic heterocycles. The summed E-state index contributed by atoms with van der Waals surface area (Å²) in [5.74, 6) is -1.82. The second-order valence-corrected chi connectivity index (χ2v) is 6.23. The van der Waals surface area contributed by atoms with Gasteiger partial charge in [-0.2, -0.15) is 0 Å². The number of carboxylic acid groups (broad SMARTS) is 1. The van der Waals surface area contributed by atoms with Crippen LogP contribution in [0.5, 0.6) is 0 Å². The number of nitrogens with two attached hydrogens (primary N) is 1. The average Bonchev–Trinajstić information content (AvgIpc) is 2.68. The van der Waals surface area contributed by atoms with Crippen molar-refractivity contribution in [2.45, 2.75) is 12.8 Å². The van der Waals surface area contributed by atoms with E-state index in [1.54, 1.807) is 29.2 Å². The SMILES string of the molecule is Nc1nccnc1C(=O)Nc1ccc(C(=O)N2CCC(C(=O)O)CC2)cc1. The molecule has 0 saturated carbocycles. The first-order chi connectivity index (χ1) is 13.0. The lowest BCUT2D eigenvalue weighted by Gasteiger charge is -2.30. The summed E-state index contributed by atoms with van der Waals surface area (Å²) in [6, 6.07) is 6.45. The Morgan fingerprint density at radius 3 is 2.30 bits per heavy atom. The zero-order valence-corrected chi connectivity index (χ0v) is 14.5. The van der Waals surface area contributed by atoms with Crippen molar-refractivity contribution in [2.24, 2.45) is 5.92 Å². The summed E-state index contributed by atoms with van der Waals surface area (Å²) in [7, 11) is 0. The molecule has 4 N–H and O–H groups in total. The molecule has 0 atom stereocenters. The molecular weight excluding hydrogens is 350 g/mol. The first-order valence-corrected chi connectivity index (χ1v) is 8.45. The smallest absolute Gasteiger partial charge is 0.306 e. The van der Waals surface area contributed by atoms with Gasteiger partial charge in [-0.3, -0.25) is 14.4 Å². The van der Waals surface area contributed by atoms with Crippen molar-refractivity contribution in [3.63, 3.8) is 0 Å². The molecule has 0 unspecified atom stereocenters. The number of rotatable bonds is 4. The molecule has 1 saturated heterocycles. The molecular formula is C18H19N5O4. The normalized spacial score (nSPS) is 14.6. The molecule has 27 heavy (non-hydrogen) atoms. The van der Waals surface area contributed by atoms with E-state index < -0.39 is 11.9 Å². The van der Waals surface area contributed by atoms with Crippen LogP contribution < -0.4 is 11.1 Å². The largest absolute Gasteiger partial charge is 0.481 e. The van der Waals surface area contributed by atoms with Crippen LogP contribution in [0.2, 0.25) is 0 Å². The summed E-state index contributed by atoms with van der Waals surface area (Å²) in [5, 5.41) is 11.7. The van der Waals surface area contributed by atoms with E-state index in [1.807, 2.05) is 0 Å². The molecule has 1 aliphatic rings. The minimum Gasteiger partial charge on any atom is -0.481 e. The number of amides is 2. The highest BCUT2D eigenvalue weighted by Crippen LogP contribution is 2.20. The summed E-state index contributed by atoms with van der Waals surface area (Å²) < 4.78 is 0. The Morgan fingerprint density at radius 2 is 1.70 bits per heavy atom. The standard InChI is InChI=1S/C18H19N5O4/c19-15-14(20-7-8-21-15)16(24)22-13-3-1-11(2-4-13)17(25)23-9-5-12(6-10-23)18(26)27/h1-4,7-8,12H,5-6,9-10H2,(H2,19,21)(H,22,24)(H,26,27). The van der Waals surface area contributed by atoms with E-state index in [0.717, 1.165) is 0 Å². The van der Waals surface area contributed by atoms with Gasteiger partial charge >= 0.3 is 5.97 Å². The number of carbonyl (C=O) groups is 3. The van der Waals surface area contributed by atoms with Crippen LogP contribution in [0.15, 0.2) is 36.7 Å². The Hall–Kier alpha value is -3.49. The molecule has 0 bridgehead atoms. The van der Waals surface area contributed by atoms with Crippen molar-refractivity contribution in [3.8, 4) is 0 Å². The van der Waals surface area contributed by atoms with Crippen molar-refractivity contribution >= 4 is 29.3 Å². The van der Waals surface area contributed by atoms with Crippen molar-refractivity contribution in [1.29, 1.82) is 0 Å². The van der Waals surface area contributed by atoms with Crippen LogP contribution in [-0.2, 0) is 4.79 Å². The number of likely N-dealkylation sites (tertiary alicyclic amines) is 1. The van der Waals surface area contributed by atoms with E-state index in [4.69, 9.17) is 10.8 Å². The van der Waals surface area contributed by atoms with E-state index in [1.165, 1.54) is 12.4 Å². The predicted octanol–water partition coefficient (Wildman–Crippen LogP) is 1.25. The number of nitrogens with one attached hydrogen (secondary N) is 1. The van der Waals surface area contributed by atoms with Crippen LogP contribution in [0.1, 0.15) is 33.7 Å². The first kappa shape index (κ1) is 18.3. The predicted molar refractivity (Wildman–Crippen MR) is 97.1 cm³/mol. The van der Waals surface area contributed by atoms with E-state index in [9.17, 15) is 14.4 Å². The molecule has 1 aromatic heterocycles. The van der Waals surface area contributed by atoms with Gasteiger partial charge in [-0.05, 0) is 37.1 Å². The van der Waals surface area contributed by atoms with Gasteiger partial charge in [-0.25, -0.2) is 9.97 Å². The van der Waals surface area contributed by atoms with Gasteiger partial charge in [-0.1, -0.05) is 0 Å². The van der Waals surface area contributed by atoms with Crippen LogP contribution in [0.4, 0.5) is 11.5 Å². The number of nitrogens with zero attached hydrogens (tertiary/aromatic N) is 3. The fraction of sp³-hybridized carbons (Fsp3) is 0.278. The summed E-state index contributed by atoms with van der Waals surface area (Å²) in [4.78, 5) is 45.1. The maximum atomic E-state index is 12.5. The highest BCUT2D eigenvalue weighted by molar-refractivity contribution is 6.05. The second kappa shape index (κ2) is 7.81. The van der Waals surface area contributed by atoms with E-state index in [0.29, 0.717) is 37.2 Å². The number of hydrogen-bond acceptors (Lipinski definition) is 6. The summed E-state index contributed by atoms with van der Waals surface area (Å²) in [5.41, 5.74) is 6.62. The van der Waals surface area contributed by atoms with Crippen LogP contribution in [0.3, 0.4) is 0 Å². The molecule has 1 aromatic carbocycles. The molecule has 3 rings (SSSR count). The van der Waals surface area contributed by atoms with Gasteiger partial charge in [0.15, 0.2) is 11.5 Å². The van der Waals surface area contributed by atoms with Gasteiger partial charge in [-0.15, -0.1) is 0 Å². The topological polar surface area (TPSA) is 139 Å². The zero-order chi connectivity index (χ0) is 19.4. The maximum Gasteiger partial charge on any atom is 0.306 e. The maximum absolute atomic E-state index is 12.5. The third-order valence-electron chi connectivity index (χ3n) is 4.46. The molecule has 1 fully saturated rings. The Kier molecular flexibility index (Phi) is 5.30. The van der Waals surface area contributed by atoms with Gasteiger partial charge in [0.1, 0.15) is 0 Å². The summed E-state index contributed by atoms with van der Waals surface area (Å²) >= 11 is 0. The number of hydrogen-bond donors (Lipinski definition) is 3. The van der Waals surface area contributed by atoms with Crippen LogP contribution in [0, 0.1) is 5.92 Å². The van der Waals surface area contributed by atoms with Gasteiger partial charge in [0.25, 0.3) is 11.8 Å². The van der Waals surface area contributed by atoms with Crippen LogP contribution >= 0.6 is 0 Å². The average molecular weight is 369 g/mol. The minimum absolute atomic E-state index is 0.0268. The number of aliphatic carboxylic acids is 1. The zero-order valence-electron chi connectivity index (χ0n) is 14.5. The fourth-order valence-electron chi connectivity index (χ4n) is 2.92. The third-order valence-corrected chi connectivity index (χ3v) is 4.46. The number of aromatic nitrogens is 2. The fourth-order valence-corrected chi connectivity index (χ4v) is 2.92. The number of carboxylic acids is 1. The Bertz CT molecular complexity index is 860. The van der Waals surface area contributed by atoms with E-state index >= 15 is 0 Å². The van der Waals surface area contributed by atoms with Gasteiger partial charge in [0.2, 0.25) is 0 Å². The van der Waals surface area contributed by atoms with Gasteiger partial charge < -0.3 is 21.1 Å². The molecule has 2 aromatic rings. The van der Waals surface area contributed by atoms with E-state index in [2.05, 4.69) is 15.3 Å². The number of anilines is 2. The number of piperidine rings is 1. The minimum atomic E-state index is -0.814. The first-order valence-electron chi connectivity index (χ1n) is 8.45. The monoisotopic (exact) mass is 369 g/mol. The Labute approximate surface area is 155 Å². The Balaban J connectivity index is 1.62. The van der Waals surface area contributed by atoms with Gasteiger partial charge in [0, 0.05) is 36.7 Å². The number of carbonyl (C=O) groups excluding carboxylic acids is 2. The molecule has 2 heterocycles. The molecule has 0 radical (unpaired) electrons. The van der Waals surface area contributed by atoms with Crippen molar-refractivity contribution in [1.82, 2.24) is 14.9 Å². The number of benzene rings is 1. The highest BCUT2D eigenvalue weighted by atomic mass is 16.4. The highest BCUT2D eigenvalue weighted by Gasteiger charge is 2.27. The lowest BCUT2D eigenvalue weighted by atomic mass is 9.96. The molecule has 0 spiro atoms. The van der Waals surface area contributed by atoms with Crippen LogP contribution in [0.25, 0.3) is 0 Å². The molecule has 0 aliphatic carbocycles. The molecule has 9 nitrogen and oxygen atoms in total. The van der Waals surface area contributed by atoms with E-state index in [-0.39, 0.29) is 23.3 Å².